The molecule has 20 heavy (non-hydrogen) atoms. The quantitative estimate of drug-likeness (QED) is 0.879. The van der Waals surface area contributed by atoms with Gasteiger partial charge in [-0.1, -0.05) is 18.2 Å². The first-order valence-corrected chi connectivity index (χ1v) is 6.85. The van der Waals surface area contributed by atoms with Crippen molar-refractivity contribution in [3.63, 3.8) is 0 Å². The van der Waals surface area contributed by atoms with Gasteiger partial charge in [0, 0.05) is 17.4 Å². The predicted molar refractivity (Wildman–Crippen MR) is 78.1 cm³/mol. The van der Waals surface area contributed by atoms with E-state index in [9.17, 15) is 9.59 Å². The highest BCUT2D eigenvalue weighted by Gasteiger charge is 2.19. The van der Waals surface area contributed by atoms with Crippen molar-refractivity contribution in [2.45, 2.75) is 25.7 Å². The third-order valence-corrected chi connectivity index (χ3v) is 3.62. The van der Waals surface area contributed by atoms with E-state index in [1.165, 1.54) is 6.07 Å². The van der Waals surface area contributed by atoms with Crippen LogP contribution in [0.4, 0.5) is 5.69 Å². The number of para-hydroxylation sites is 1. The van der Waals surface area contributed by atoms with Crippen LogP contribution in [-0.2, 0) is 12.8 Å². The van der Waals surface area contributed by atoms with Crippen molar-refractivity contribution < 1.29 is 4.79 Å². The van der Waals surface area contributed by atoms with Crippen molar-refractivity contribution in [3.05, 3.63) is 63.6 Å². The highest BCUT2D eigenvalue weighted by atomic mass is 16.2. The first kappa shape index (κ1) is 12.7. The largest absolute Gasteiger partial charge is 0.326 e. The van der Waals surface area contributed by atoms with Crippen molar-refractivity contribution in [2.75, 3.05) is 5.32 Å². The summed E-state index contributed by atoms with van der Waals surface area (Å²) in [4.78, 5) is 26.9. The molecule has 1 aliphatic carbocycles. The third kappa shape index (κ3) is 2.50. The van der Waals surface area contributed by atoms with E-state index in [-0.39, 0.29) is 11.5 Å². The van der Waals surface area contributed by atoms with Gasteiger partial charge in [-0.2, -0.15) is 0 Å². The molecule has 4 nitrogen and oxygen atoms in total. The Morgan fingerprint density at radius 2 is 1.85 bits per heavy atom. The molecule has 102 valence electrons. The molecule has 1 heterocycles. The van der Waals surface area contributed by atoms with E-state index in [1.54, 1.807) is 0 Å². The fraction of sp³-hybridized carbons (Fsp3) is 0.250. The summed E-state index contributed by atoms with van der Waals surface area (Å²) >= 11 is 0. The summed E-state index contributed by atoms with van der Waals surface area (Å²) in [7, 11) is 0. The van der Waals surface area contributed by atoms with Crippen LogP contribution in [0.15, 0.2) is 41.2 Å². The number of carbonyl (C=O) groups excluding carboxylic acids is 1. The van der Waals surface area contributed by atoms with Crippen molar-refractivity contribution in [1.82, 2.24) is 4.98 Å². The summed E-state index contributed by atoms with van der Waals surface area (Å²) in [5, 5.41) is 2.84. The highest BCUT2D eigenvalue weighted by molar-refractivity contribution is 6.05. The molecule has 0 unspecified atom stereocenters. The molecule has 0 bridgehead atoms. The van der Waals surface area contributed by atoms with Crippen LogP contribution >= 0.6 is 0 Å². The number of fused-ring (bicyclic) bond motifs is 1. The smallest absolute Gasteiger partial charge is 0.256 e. The zero-order chi connectivity index (χ0) is 13.9. The maximum atomic E-state index is 12.4. The molecule has 0 saturated heterocycles. The molecule has 0 radical (unpaired) electrons. The summed E-state index contributed by atoms with van der Waals surface area (Å²) in [6.45, 7) is 0. The number of hydrogen-bond donors (Lipinski definition) is 2. The fourth-order valence-electron chi connectivity index (χ4n) is 2.67. The molecular weight excluding hydrogens is 252 g/mol. The van der Waals surface area contributed by atoms with Gasteiger partial charge in [0.1, 0.15) is 0 Å². The number of pyridine rings is 1. The van der Waals surface area contributed by atoms with E-state index < -0.39 is 0 Å². The zero-order valence-electron chi connectivity index (χ0n) is 11.1. The van der Waals surface area contributed by atoms with E-state index >= 15 is 0 Å². The standard InChI is InChI=1S/C16H16N2O2/c19-15-10-13(12-8-4-5-9-14(12)18-15)16(20)17-11-6-2-1-3-7-11/h1-3,6-7,10H,4-5,8-9H2,(H,17,20)(H,18,19). The van der Waals surface area contributed by atoms with Crippen LogP contribution < -0.4 is 10.9 Å². The van der Waals surface area contributed by atoms with Crippen molar-refractivity contribution in [1.29, 1.82) is 0 Å². The van der Waals surface area contributed by atoms with Gasteiger partial charge in [0.15, 0.2) is 0 Å². The Labute approximate surface area is 116 Å². The lowest BCUT2D eigenvalue weighted by Crippen LogP contribution is -2.23. The lowest BCUT2D eigenvalue weighted by molar-refractivity contribution is 0.102. The number of aromatic nitrogens is 1. The monoisotopic (exact) mass is 268 g/mol. The third-order valence-electron chi connectivity index (χ3n) is 3.62. The molecule has 0 aliphatic heterocycles. The van der Waals surface area contributed by atoms with Crippen LogP contribution in [-0.4, -0.2) is 10.9 Å². The first-order valence-electron chi connectivity index (χ1n) is 6.85. The number of anilines is 1. The number of amides is 1. The molecule has 1 amide bonds. The number of H-pyrrole nitrogens is 1. The number of aryl methyl sites for hydroxylation is 1. The van der Waals surface area contributed by atoms with Gasteiger partial charge in [0.05, 0.1) is 5.56 Å². The van der Waals surface area contributed by atoms with E-state index in [1.807, 2.05) is 30.3 Å². The molecule has 2 N–H and O–H groups in total. The summed E-state index contributed by atoms with van der Waals surface area (Å²) < 4.78 is 0. The molecule has 0 fully saturated rings. The highest BCUT2D eigenvalue weighted by Crippen LogP contribution is 2.22. The van der Waals surface area contributed by atoms with Gasteiger partial charge in [-0.15, -0.1) is 0 Å². The van der Waals surface area contributed by atoms with E-state index in [0.717, 1.165) is 42.6 Å². The second-order valence-electron chi connectivity index (χ2n) is 5.03. The van der Waals surface area contributed by atoms with Gasteiger partial charge in [-0.3, -0.25) is 9.59 Å². The van der Waals surface area contributed by atoms with Crippen LogP contribution in [0, 0.1) is 0 Å². The van der Waals surface area contributed by atoms with E-state index in [0.29, 0.717) is 5.56 Å². The maximum absolute atomic E-state index is 12.4. The van der Waals surface area contributed by atoms with Gasteiger partial charge >= 0.3 is 0 Å². The van der Waals surface area contributed by atoms with Gasteiger partial charge in [-0.25, -0.2) is 0 Å². The summed E-state index contributed by atoms with van der Waals surface area (Å²) in [5.74, 6) is -0.208. The van der Waals surface area contributed by atoms with Crippen molar-refractivity contribution in [3.8, 4) is 0 Å². The van der Waals surface area contributed by atoms with E-state index in [2.05, 4.69) is 10.3 Å². The minimum Gasteiger partial charge on any atom is -0.326 e. The maximum Gasteiger partial charge on any atom is 0.256 e. The lowest BCUT2D eigenvalue weighted by Gasteiger charge is -2.18. The summed E-state index contributed by atoms with van der Waals surface area (Å²) in [5.41, 5.74) is 2.95. The van der Waals surface area contributed by atoms with Gasteiger partial charge < -0.3 is 10.3 Å². The molecule has 1 aliphatic rings. The number of carbonyl (C=O) groups is 1. The number of rotatable bonds is 2. The molecule has 0 spiro atoms. The number of hydrogen-bond acceptors (Lipinski definition) is 2. The molecular formula is C16H16N2O2. The van der Waals surface area contributed by atoms with Gasteiger partial charge in [0.25, 0.3) is 5.91 Å². The van der Waals surface area contributed by atoms with Gasteiger partial charge in [-0.05, 0) is 43.4 Å². The Balaban J connectivity index is 1.95. The lowest BCUT2D eigenvalue weighted by atomic mass is 9.92. The molecule has 3 rings (SSSR count). The topological polar surface area (TPSA) is 62.0 Å². The zero-order valence-corrected chi connectivity index (χ0v) is 11.1. The normalized spacial score (nSPS) is 13.6. The average Bonchev–Trinajstić information content (AvgIpc) is 2.47. The second kappa shape index (κ2) is 5.33. The molecule has 1 aromatic carbocycles. The Kier molecular flexibility index (Phi) is 3.37. The Hall–Kier alpha value is -2.36. The molecule has 0 saturated carbocycles. The number of aromatic amines is 1. The fourth-order valence-corrected chi connectivity index (χ4v) is 2.67. The van der Waals surface area contributed by atoms with Crippen LogP contribution in [0.2, 0.25) is 0 Å². The Morgan fingerprint density at radius 3 is 2.65 bits per heavy atom. The predicted octanol–water partition coefficient (Wildman–Crippen LogP) is 2.51. The molecule has 4 heteroatoms. The van der Waals surface area contributed by atoms with E-state index in [4.69, 9.17) is 0 Å². The second-order valence-corrected chi connectivity index (χ2v) is 5.03. The van der Waals surface area contributed by atoms with Crippen LogP contribution in [0.5, 0.6) is 0 Å². The summed E-state index contributed by atoms with van der Waals surface area (Å²) in [6.07, 6.45) is 3.82. The summed E-state index contributed by atoms with van der Waals surface area (Å²) in [6, 6.07) is 10.7. The Bertz CT molecular complexity index is 689. The van der Waals surface area contributed by atoms with Crippen LogP contribution in [0.25, 0.3) is 0 Å². The first-order chi connectivity index (χ1) is 9.74. The van der Waals surface area contributed by atoms with Gasteiger partial charge in [0.2, 0.25) is 5.56 Å². The van der Waals surface area contributed by atoms with Crippen molar-refractivity contribution >= 4 is 11.6 Å². The molecule has 1 aromatic heterocycles. The number of benzene rings is 1. The van der Waals surface area contributed by atoms with Crippen molar-refractivity contribution in [2.24, 2.45) is 0 Å². The van der Waals surface area contributed by atoms with Crippen LogP contribution in [0.1, 0.15) is 34.5 Å². The minimum atomic E-state index is -0.208. The van der Waals surface area contributed by atoms with Crippen LogP contribution in [0.3, 0.4) is 0 Å². The molecule has 2 aromatic rings. The Morgan fingerprint density at radius 1 is 1.10 bits per heavy atom. The SMILES string of the molecule is O=C(Nc1ccccc1)c1cc(=O)[nH]c2c1CCCC2. The minimum absolute atomic E-state index is 0.205. The average molecular weight is 268 g/mol. The number of nitrogens with one attached hydrogen (secondary N) is 2. The molecule has 0 atom stereocenters.